The van der Waals surface area contributed by atoms with E-state index < -0.39 is 0 Å². The topological polar surface area (TPSA) is 21.7 Å². The maximum atomic E-state index is 6.43. The number of nitrogens with zero attached hydrogens (tertiary/aromatic N) is 1. The van der Waals surface area contributed by atoms with Crippen LogP contribution in [0.25, 0.3) is 29.4 Å². The first-order chi connectivity index (χ1) is 25.6. The molecule has 0 spiro atoms. The number of fused-ring (bicyclic) bond motifs is 3. The Hall–Kier alpha value is -5.02. The molecule has 0 N–H and O–H groups in total. The van der Waals surface area contributed by atoms with Crippen LogP contribution in [0.15, 0.2) is 109 Å². The largest absolute Gasteiger partial charge is 0.496 e. The summed E-state index contributed by atoms with van der Waals surface area (Å²) in [5.74, 6) is 3.13. The fraction of sp³-hybridized carbons (Fsp3) is 0.320. The first-order valence-corrected chi connectivity index (χ1v) is 19.5. The molecule has 0 fully saturated rings. The van der Waals surface area contributed by atoms with E-state index in [0.717, 1.165) is 57.6 Å². The predicted octanol–water partition coefficient (Wildman–Crippen LogP) is 14.2. The standard InChI is InChI=1S/C50H57NO2/c1-9-13-39-32-48(52-8)40(33-49(39)53-31-30-36(4)15-12-14-35(2)3)23-20-38-21-26-42(27-22-38)51(41-24-18-37(5)19-25-41)43-28-29-45-44-16-10-11-17-46(44)50(6,7)47(45)34-43/h9-11,13,16-29,32-36H,12,14-15,30-31H2,1-8H3. The number of benzene rings is 5. The van der Waals surface area contributed by atoms with Crippen LogP contribution in [0.5, 0.6) is 11.5 Å². The monoisotopic (exact) mass is 703 g/mol. The fourth-order valence-electron chi connectivity index (χ4n) is 7.62. The summed E-state index contributed by atoms with van der Waals surface area (Å²) in [6.07, 6.45) is 13.3. The van der Waals surface area contributed by atoms with Gasteiger partial charge in [-0.1, -0.05) is 138 Å². The number of aryl methyl sites for hydroxylation is 1. The second-order valence-electron chi connectivity index (χ2n) is 15.7. The van der Waals surface area contributed by atoms with Gasteiger partial charge in [-0.2, -0.15) is 0 Å². The van der Waals surface area contributed by atoms with E-state index in [0.29, 0.717) is 12.5 Å². The molecule has 1 aliphatic carbocycles. The van der Waals surface area contributed by atoms with Gasteiger partial charge in [0.1, 0.15) is 11.5 Å². The van der Waals surface area contributed by atoms with Crippen molar-refractivity contribution in [2.24, 2.45) is 11.8 Å². The molecule has 1 unspecified atom stereocenters. The molecule has 5 aromatic carbocycles. The molecule has 53 heavy (non-hydrogen) atoms. The van der Waals surface area contributed by atoms with Crippen LogP contribution in [0.4, 0.5) is 17.1 Å². The second-order valence-corrected chi connectivity index (χ2v) is 15.7. The third-order valence-electron chi connectivity index (χ3n) is 10.8. The molecule has 0 aromatic heterocycles. The molecule has 0 saturated carbocycles. The lowest BCUT2D eigenvalue weighted by Gasteiger charge is -2.28. The van der Waals surface area contributed by atoms with Crippen molar-refractivity contribution >= 4 is 35.3 Å². The van der Waals surface area contributed by atoms with Gasteiger partial charge in [-0.05, 0) is 108 Å². The third-order valence-corrected chi connectivity index (χ3v) is 10.8. The van der Waals surface area contributed by atoms with Crippen molar-refractivity contribution in [2.75, 3.05) is 18.6 Å². The molecule has 3 nitrogen and oxygen atoms in total. The normalized spacial score (nSPS) is 13.8. The summed E-state index contributed by atoms with van der Waals surface area (Å²) in [4.78, 5) is 2.37. The Kier molecular flexibility index (Phi) is 11.9. The number of allylic oxidation sites excluding steroid dienone is 1. The van der Waals surface area contributed by atoms with Crippen LogP contribution < -0.4 is 14.4 Å². The van der Waals surface area contributed by atoms with Gasteiger partial charge in [-0.15, -0.1) is 0 Å². The van der Waals surface area contributed by atoms with Gasteiger partial charge in [0.05, 0.1) is 13.7 Å². The molecule has 0 saturated heterocycles. The number of methoxy groups -OCH3 is 1. The fourth-order valence-corrected chi connectivity index (χ4v) is 7.62. The van der Waals surface area contributed by atoms with Gasteiger partial charge in [0.2, 0.25) is 0 Å². The van der Waals surface area contributed by atoms with Gasteiger partial charge in [0, 0.05) is 33.6 Å². The maximum Gasteiger partial charge on any atom is 0.127 e. The zero-order valence-electron chi connectivity index (χ0n) is 33.1. The van der Waals surface area contributed by atoms with E-state index in [1.54, 1.807) is 7.11 Å². The number of anilines is 3. The average Bonchev–Trinajstić information content (AvgIpc) is 3.38. The summed E-state index contributed by atoms with van der Waals surface area (Å²) < 4.78 is 12.3. The minimum absolute atomic E-state index is 0.0713. The Balaban J connectivity index is 1.25. The zero-order valence-corrected chi connectivity index (χ0v) is 33.1. The molecule has 3 heteroatoms. The highest BCUT2D eigenvalue weighted by molar-refractivity contribution is 5.86. The van der Waals surface area contributed by atoms with Crippen LogP contribution >= 0.6 is 0 Å². The van der Waals surface area contributed by atoms with Crippen LogP contribution in [-0.4, -0.2) is 13.7 Å². The molecule has 1 aliphatic rings. The van der Waals surface area contributed by atoms with Gasteiger partial charge in [0.15, 0.2) is 0 Å². The van der Waals surface area contributed by atoms with Crippen molar-refractivity contribution in [3.05, 3.63) is 143 Å². The summed E-state index contributed by atoms with van der Waals surface area (Å²) in [6.45, 7) is 16.5. The van der Waals surface area contributed by atoms with Crippen LogP contribution in [0.1, 0.15) is 101 Å². The Morgan fingerprint density at radius 1 is 0.660 bits per heavy atom. The Morgan fingerprint density at radius 2 is 1.30 bits per heavy atom. The molecule has 0 amide bonds. The number of ether oxygens (including phenoxy) is 2. The molecule has 0 radical (unpaired) electrons. The molecule has 0 aliphatic heterocycles. The highest BCUT2D eigenvalue weighted by Crippen LogP contribution is 2.50. The van der Waals surface area contributed by atoms with Gasteiger partial charge >= 0.3 is 0 Å². The van der Waals surface area contributed by atoms with Crippen molar-refractivity contribution in [3.8, 4) is 22.6 Å². The van der Waals surface area contributed by atoms with E-state index in [4.69, 9.17) is 9.47 Å². The smallest absolute Gasteiger partial charge is 0.127 e. The van der Waals surface area contributed by atoms with Gasteiger partial charge in [-0.25, -0.2) is 0 Å². The van der Waals surface area contributed by atoms with E-state index in [9.17, 15) is 0 Å². The summed E-state index contributed by atoms with van der Waals surface area (Å²) >= 11 is 0. The van der Waals surface area contributed by atoms with E-state index in [1.165, 1.54) is 47.1 Å². The molecule has 5 aromatic rings. The summed E-state index contributed by atoms with van der Waals surface area (Å²) in [5, 5.41) is 0. The molecule has 274 valence electrons. The van der Waals surface area contributed by atoms with Gasteiger partial charge in [0.25, 0.3) is 0 Å². The van der Waals surface area contributed by atoms with Crippen LogP contribution in [-0.2, 0) is 5.41 Å². The molecule has 0 bridgehead atoms. The second kappa shape index (κ2) is 16.8. The lowest BCUT2D eigenvalue weighted by molar-refractivity contribution is 0.275. The van der Waals surface area contributed by atoms with Crippen LogP contribution in [0, 0.1) is 18.8 Å². The molecular formula is C50H57NO2. The molecule has 0 heterocycles. The minimum atomic E-state index is -0.0713. The number of rotatable bonds is 15. The Labute approximate surface area is 319 Å². The van der Waals surface area contributed by atoms with E-state index in [-0.39, 0.29) is 5.41 Å². The maximum absolute atomic E-state index is 6.43. The van der Waals surface area contributed by atoms with E-state index >= 15 is 0 Å². The highest BCUT2D eigenvalue weighted by Gasteiger charge is 2.35. The van der Waals surface area contributed by atoms with Crippen molar-refractivity contribution in [2.45, 2.75) is 79.6 Å². The number of hydrogen-bond acceptors (Lipinski definition) is 3. The molecule has 6 rings (SSSR count). The Morgan fingerprint density at radius 3 is 2.00 bits per heavy atom. The zero-order chi connectivity index (χ0) is 37.5. The minimum Gasteiger partial charge on any atom is -0.496 e. The predicted molar refractivity (Wildman–Crippen MR) is 228 cm³/mol. The summed E-state index contributed by atoms with van der Waals surface area (Å²) in [6, 6.07) is 37.6. The molecular weight excluding hydrogens is 647 g/mol. The highest BCUT2D eigenvalue weighted by atomic mass is 16.5. The number of hydrogen-bond donors (Lipinski definition) is 0. The van der Waals surface area contributed by atoms with Crippen molar-refractivity contribution in [3.63, 3.8) is 0 Å². The van der Waals surface area contributed by atoms with Crippen molar-refractivity contribution < 1.29 is 9.47 Å². The van der Waals surface area contributed by atoms with Crippen LogP contribution in [0.2, 0.25) is 0 Å². The van der Waals surface area contributed by atoms with Crippen LogP contribution in [0.3, 0.4) is 0 Å². The Bertz CT molecular complexity index is 2050. The van der Waals surface area contributed by atoms with Gasteiger partial charge in [-0.3, -0.25) is 0 Å². The van der Waals surface area contributed by atoms with Crippen molar-refractivity contribution in [1.29, 1.82) is 0 Å². The SMILES string of the molecule is CC=Cc1cc(OC)c(C=Cc2ccc(N(c3ccc(C)cc3)c3ccc4c(c3)C(C)(C)c3ccccc3-4)cc2)cc1OCCC(C)CCCC(C)C. The van der Waals surface area contributed by atoms with E-state index in [2.05, 4.69) is 174 Å². The lowest BCUT2D eigenvalue weighted by atomic mass is 9.82. The van der Waals surface area contributed by atoms with Crippen molar-refractivity contribution in [1.82, 2.24) is 0 Å². The first kappa shape index (κ1) is 37.7. The summed E-state index contributed by atoms with van der Waals surface area (Å²) in [5.41, 5.74) is 13.1. The lowest BCUT2D eigenvalue weighted by Crippen LogP contribution is -2.16. The molecule has 1 atom stereocenters. The summed E-state index contributed by atoms with van der Waals surface area (Å²) in [7, 11) is 1.73. The average molecular weight is 704 g/mol. The first-order valence-electron chi connectivity index (χ1n) is 19.5. The van der Waals surface area contributed by atoms with E-state index in [1.807, 2.05) is 6.92 Å². The van der Waals surface area contributed by atoms with Gasteiger partial charge < -0.3 is 14.4 Å². The quantitative estimate of drug-likeness (QED) is 0.101. The third kappa shape index (κ3) is 8.62.